The maximum Gasteiger partial charge on any atom is 0.341 e. The van der Waals surface area contributed by atoms with Crippen LogP contribution in [0.1, 0.15) is 35.3 Å². The van der Waals surface area contributed by atoms with Gasteiger partial charge in [0.2, 0.25) is 5.91 Å². The van der Waals surface area contributed by atoms with Crippen LogP contribution in [0.2, 0.25) is 0 Å². The van der Waals surface area contributed by atoms with Crippen molar-refractivity contribution in [2.24, 2.45) is 0 Å². The number of esters is 1. The number of morpholine rings is 1. The highest BCUT2D eigenvalue weighted by molar-refractivity contribution is 7.15. The molecule has 6 nitrogen and oxygen atoms in total. The molecular weight excluding hydrogens is 388 g/mol. The first-order valence-corrected chi connectivity index (χ1v) is 10.6. The van der Waals surface area contributed by atoms with E-state index in [1.54, 1.807) is 0 Å². The molecule has 0 bridgehead atoms. The molecule has 0 spiro atoms. The summed E-state index contributed by atoms with van der Waals surface area (Å²) in [6.45, 7) is 9.77. The number of nitrogens with one attached hydrogen (secondary N) is 1. The summed E-state index contributed by atoms with van der Waals surface area (Å²) in [6.07, 6.45) is 0.186. The summed E-state index contributed by atoms with van der Waals surface area (Å²) in [5, 5.41) is 5.33. The Kier molecular flexibility index (Phi) is 6.72. The standard InChI is InChI=1S/C22H28N2O4S/c1-13-6-7-17(8-14(13)2)18-12-29-21(20(18)22(26)27-5)23-19(25)11-24-9-15(3)28-16(4)10-24/h6-8,12,15-16H,9-11H2,1-5H3,(H,23,25)/t15-,16+. The Labute approximate surface area is 175 Å². The number of benzene rings is 1. The van der Waals surface area contributed by atoms with Gasteiger partial charge in [-0.2, -0.15) is 0 Å². The molecule has 1 amide bonds. The molecule has 1 saturated heterocycles. The molecule has 1 fully saturated rings. The Balaban J connectivity index is 1.82. The minimum absolute atomic E-state index is 0.0929. The molecule has 2 atom stereocenters. The highest BCUT2D eigenvalue weighted by Crippen LogP contribution is 2.36. The van der Waals surface area contributed by atoms with Gasteiger partial charge in [0.25, 0.3) is 0 Å². The predicted molar refractivity (Wildman–Crippen MR) is 116 cm³/mol. The highest BCUT2D eigenvalue weighted by atomic mass is 32.1. The largest absolute Gasteiger partial charge is 0.465 e. The maximum atomic E-state index is 12.7. The number of methoxy groups -OCH3 is 1. The van der Waals surface area contributed by atoms with Crippen molar-refractivity contribution in [3.8, 4) is 11.1 Å². The van der Waals surface area contributed by atoms with E-state index in [0.29, 0.717) is 23.7 Å². The van der Waals surface area contributed by atoms with Crippen LogP contribution in [0.5, 0.6) is 0 Å². The number of carbonyl (C=O) groups is 2. The molecule has 3 rings (SSSR count). The molecule has 1 N–H and O–H groups in total. The predicted octanol–water partition coefficient (Wildman–Crippen LogP) is 3.87. The van der Waals surface area contributed by atoms with E-state index in [9.17, 15) is 9.59 Å². The normalized spacial score (nSPS) is 19.8. The van der Waals surface area contributed by atoms with Crippen molar-refractivity contribution >= 4 is 28.2 Å². The lowest BCUT2D eigenvalue weighted by Crippen LogP contribution is -2.48. The van der Waals surface area contributed by atoms with Gasteiger partial charge < -0.3 is 14.8 Å². The van der Waals surface area contributed by atoms with E-state index in [2.05, 4.69) is 10.2 Å². The van der Waals surface area contributed by atoms with E-state index in [1.807, 2.05) is 51.3 Å². The van der Waals surface area contributed by atoms with Crippen molar-refractivity contribution < 1.29 is 19.1 Å². The maximum absolute atomic E-state index is 12.7. The van der Waals surface area contributed by atoms with E-state index < -0.39 is 5.97 Å². The number of anilines is 1. The molecule has 0 radical (unpaired) electrons. The third-order valence-electron chi connectivity index (χ3n) is 5.11. The van der Waals surface area contributed by atoms with Crippen LogP contribution < -0.4 is 5.32 Å². The number of ether oxygens (including phenoxy) is 2. The quantitative estimate of drug-likeness (QED) is 0.750. The fourth-order valence-electron chi connectivity index (χ4n) is 3.66. The lowest BCUT2D eigenvalue weighted by Gasteiger charge is -2.34. The molecule has 0 unspecified atom stereocenters. The summed E-state index contributed by atoms with van der Waals surface area (Å²) >= 11 is 1.34. The minimum atomic E-state index is -0.455. The number of hydrogen-bond donors (Lipinski definition) is 1. The Morgan fingerprint density at radius 2 is 1.90 bits per heavy atom. The lowest BCUT2D eigenvalue weighted by molar-refractivity contribution is -0.121. The first-order chi connectivity index (χ1) is 13.8. The van der Waals surface area contributed by atoms with Crippen molar-refractivity contribution in [3.63, 3.8) is 0 Å². The van der Waals surface area contributed by atoms with Crippen LogP contribution in [0.25, 0.3) is 11.1 Å². The first kappa shape index (κ1) is 21.5. The SMILES string of the molecule is COC(=O)c1c(-c2ccc(C)c(C)c2)csc1NC(=O)CN1C[C@@H](C)O[C@@H](C)C1. The summed E-state index contributed by atoms with van der Waals surface area (Å²) in [7, 11) is 1.35. The van der Waals surface area contributed by atoms with E-state index in [0.717, 1.165) is 16.7 Å². The van der Waals surface area contributed by atoms with Crippen LogP contribution in [0.15, 0.2) is 23.6 Å². The summed E-state index contributed by atoms with van der Waals surface area (Å²) in [6, 6.07) is 6.06. The van der Waals surface area contributed by atoms with Crippen molar-refractivity contribution in [1.29, 1.82) is 0 Å². The van der Waals surface area contributed by atoms with Crippen molar-refractivity contribution in [2.45, 2.75) is 39.9 Å². The zero-order valence-corrected chi connectivity index (χ0v) is 18.4. The number of thiophene rings is 1. The fraction of sp³-hybridized carbons (Fsp3) is 0.455. The third kappa shape index (κ3) is 5.04. The number of carbonyl (C=O) groups excluding carboxylic acids is 2. The van der Waals surface area contributed by atoms with Gasteiger partial charge in [-0.05, 0) is 44.4 Å². The van der Waals surface area contributed by atoms with E-state index >= 15 is 0 Å². The average Bonchev–Trinajstić information content (AvgIpc) is 3.05. The van der Waals surface area contributed by atoms with Gasteiger partial charge in [-0.15, -0.1) is 11.3 Å². The second-order valence-corrected chi connectivity index (χ2v) is 8.52. The average molecular weight is 417 g/mol. The van der Waals surface area contributed by atoms with E-state index in [4.69, 9.17) is 9.47 Å². The van der Waals surface area contributed by atoms with Crippen LogP contribution in [0.3, 0.4) is 0 Å². The van der Waals surface area contributed by atoms with Gasteiger partial charge >= 0.3 is 5.97 Å². The number of hydrogen-bond acceptors (Lipinski definition) is 6. The number of nitrogens with zero attached hydrogens (tertiary/aromatic N) is 1. The van der Waals surface area contributed by atoms with Crippen molar-refractivity contribution in [3.05, 3.63) is 40.3 Å². The van der Waals surface area contributed by atoms with Gasteiger partial charge in [0.05, 0.1) is 25.9 Å². The Bertz CT molecular complexity index is 898. The molecule has 1 aromatic heterocycles. The second kappa shape index (κ2) is 9.07. The topological polar surface area (TPSA) is 67.9 Å². The highest BCUT2D eigenvalue weighted by Gasteiger charge is 2.26. The Hall–Kier alpha value is -2.22. The smallest absolute Gasteiger partial charge is 0.341 e. The van der Waals surface area contributed by atoms with Gasteiger partial charge in [0.1, 0.15) is 10.6 Å². The molecule has 2 heterocycles. The van der Waals surface area contributed by atoms with Gasteiger partial charge in [-0.1, -0.05) is 18.2 Å². The summed E-state index contributed by atoms with van der Waals surface area (Å²) < 4.78 is 10.7. The first-order valence-electron chi connectivity index (χ1n) is 9.73. The second-order valence-electron chi connectivity index (χ2n) is 7.64. The zero-order chi connectivity index (χ0) is 21.1. The number of aryl methyl sites for hydroxylation is 2. The third-order valence-corrected chi connectivity index (χ3v) is 6.01. The van der Waals surface area contributed by atoms with Gasteiger partial charge in [-0.25, -0.2) is 4.79 Å². The van der Waals surface area contributed by atoms with Crippen LogP contribution in [0, 0.1) is 13.8 Å². The monoisotopic (exact) mass is 416 g/mol. The Morgan fingerprint density at radius 1 is 1.21 bits per heavy atom. The molecule has 0 saturated carbocycles. The van der Waals surface area contributed by atoms with Crippen LogP contribution in [0.4, 0.5) is 5.00 Å². The fourth-order valence-corrected chi connectivity index (χ4v) is 4.63. The molecular formula is C22H28N2O4S. The number of amides is 1. The summed E-state index contributed by atoms with van der Waals surface area (Å²) in [5.41, 5.74) is 4.43. The molecule has 1 aliphatic heterocycles. The van der Waals surface area contributed by atoms with E-state index in [-0.39, 0.29) is 24.7 Å². The summed E-state index contributed by atoms with van der Waals surface area (Å²) in [5.74, 6) is -0.603. The van der Waals surface area contributed by atoms with Crippen LogP contribution in [-0.2, 0) is 14.3 Å². The van der Waals surface area contributed by atoms with Crippen LogP contribution in [-0.4, -0.2) is 55.7 Å². The lowest BCUT2D eigenvalue weighted by atomic mass is 9.99. The van der Waals surface area contributed by atoms with Gasteiger partial charge in [0, 0.05) is 24.0 Å². The van der Waals surface area contributed by atoms with Crippen molar-refractivity contribution in [1.82, 2.24) is 4.90 Å². The Morgan fingerprint density at radius 3 is 2.52 bits per heavy atom. The molecule has 2 aromatic rings. The number of rotatable bonds is 5. The van der Waals surface area contributed by atoms with Crippen molar-refractivity contribution in [2.75, 3.05) is 32.1 Å². The molecule has 156 valence electrons. The van der Waals surface area contributed by atoms with Gasteiger partial charge in [0.15, 0.2) is 0 Å². The van der Waals surface area contributed by atoms with Gasteiger partial charge in [-0.3, -0.25) is 9.69 Å². The summed E-state index contributed by atoms with van der Waals surface area (Å²) in [4.78, 5) is 27.2. The molecule has 7 heteroatoms. The molecule has 1 aromatic carbocycles. The van der Waals surface area contributed by atoms with Crippen LogP contribution >= 0.6 is 11.3 Å². The zero-order valence-electron chi connectivity index (χ0n) is 17.6. The molecule has 1 aliphatic rings. The van der Waals surface area contributed by atoms with E-state index in [1.165, 1.54) is 24.0 Å². The molecule has 0 aliphatic carbocycles. The minimum Gasteiger partial charge on any atom is -0.465 e. The molecule has 29 heavy (non-hydrogen) atoms.